The molecule has 0 aromatic heterocycles. The summed E-state index contributed by atoms with van der Waals surface area (Å²) in [5.74, 6) is -1.99. The fourth-order valence-electron chi connectivity index (χ4n) is 6.33. The number of carbonyl (C=O) groups excluding carboxylic acids is 1. The Bertz CT molecular complexity index is 796. The van der Waals surface area contributed by atoms with Gasteiger partial charge in [-0.1, -0.05) is 31.6 Å². The fraction of sp³-hybridized carbons (Fsp3) is 0.619. The summed E-state index contributed by atoms with van der Waals surface area (Å²) in [6.45, 7) is 5.56. The number of carbonyl (C=O) groups is 2. The Morgan fingerprint density at radius 1 is 1.27 bits per heavy atom. The Hall–Kier alpha value is -1.75. The van der Waals surface area contributed by atoms with Crippen LogP contribution in [-0.2, 0) is 9.59 Å². The molecule has 140 valence electrons. The Labute approximate surface area is 152 Å². The molecule has 0 radical (unpaired) electrons. The van der Waals surface area contributed by atoms with E-state index >= 15 is 4.39 Å². The van der Waals surface area contributed by atoms with Gasteiger partial charge in [0, 0.05) is 10.8 Å². The number of hydrogen-bond donors (Lipinski definition) is 2. The van der Waals surface area contributed by atoms with E-state index in [0.29, 0.717) is 18.4 Å². The van der Waals surface area contributed by atoms with Crippen LogP contribution in [0.2, 0.25) is 0 Å². The second kappa shape index (κ2) is 5.16. The van der Waals surface area contributed by atoms with Crippen LogP contribution in [0.1, 0.15) is 40.0 Å². The van der Waals surface area contributed by atoms with Gasteiger partial charge in [0.15, 0.2) is 11.4 Å². The van der Waals surface area contributed by atoms with E-state index in [1.54, 1.807) is 13.0 Å². The molecule has 0 aromatic carbocycles. The van der Waals surface area contributed by atoms with Crippen molar-refractivity contribution in [2.45, 2.75) is 51.8 Å². The maximum atomic E-state index is 15.1. The lowest BCUT2D eigenvalue weighted by Crippen LogP contribution is -2.57. The zero-order valence-corrected chi connectivity index (χ0v) is 15.3. The van der Waals surface area contributed by atoms with Gasteiger partial charge in [0.25, 0.3) is 0 Å². The first-order chi connectivity index (χ1) is 12.1. The largest absolute Gasteiger partial charge is 0.479 e. The molecule has 0 saturated heterocycles. The fourth-order valence-corrected chi connectivity index (χ4v) is 6.33. The van der Waals surface area contributed by atoms with Crippen LogP contribution in [0.4, 0.5) is 4.39 Å². The molecule has 0 heterocycles. The molecule has 4 aliphatic carbocycles. The number of ketones is 1. The number of aliphatic carboxylic acids is 1. The van der Waals surface area contributed by atoms with Crippen molar-refractivity contribution in [1.29, 1.82) is 0 Å². The summed E-state index contributed by atoms with van der Waals surface area (Å²) in [7, 11) is 0. The third-order valence-electron chi connectivity index (χ3n) is 7.84. The number of carboxylic acid groups (broad SMARTS) is 1. The highest BCUT2D eigenvalue weighted by atomic mass is 19.1. The van der Waals surface area contributed by atoms with Gasteiger partial charge in [-0.15, -0.1) is 0 Å². The molecule has 0 amide bonds. The van der Waals surface area contributed by atoms with E-state index < -0.39 is 34.5 Å². The number of allylic oxidation sites excluding steroid dienone is 6. The van der Waals surface area contributed by atoms with Gasteiger partial charge >= 0.3 is 5.97 Å². The molecule has 0 aliphatic heterocycles. The molecular formula is C21H25FO4. The average Bonchev–Trinajstić information content (AvgIpc) is 2.78. The number of halogens is 1. The van der Waals surface area contributed by atoms with E-state index in [4.69, 9.17) is 0 Å². The van der Waals surface area contributed by atoms with E-state index in [0.717, 1.165) is 5.57 Å². The molecule has 5 heteroatoms. The molecule has 26 heavy (non-hydrogen) atoms. The van der Waals surface area contributed by atoms with Crippen LogP contribution in [-0.4, -0.2) is 33.7 Å². The van der Waals surface area contributed by atoms with Crippen LogP contribution in [0, 0.1) is 28.6 Å². The predicted molar refractivity (Wildman–Crippen MR) is 94.0 cm³/mol. The van der Waals surface area contributed by atoms with Gasteiger partial charge in [0.1, 0.15) is 6.17 Å². The maximum Gasteiger partial charge on any atom is 0.336 e. The Morgan fingerprint density at radius 3 is 2.62 bits per heavy atom. The minimum Gasteiger partial charge on any atom is -0.479 e. The van der Waals surface area contributed by atoms with Crippen molar-refractivity contribution >= 4 is 11.8 Å². The van der Waals surface area contributed by atoms with Crippen LogP contribution in [0.25, 0.3) is 0 Å². The summed E-state index contributed by atoms with van der Waals surface area (Å²) < 4.78 is 15.1. The third-order valence-corrected chi connectivity index (χ3v) is 7.84. The average molecular weight is 360 g/mol. The molecular weight excluding hydrogens is 335 g/mol. The van der Waals surface area contributed by atoms with Crippen LogP contribution in [0.3, 0.4) is 0 Å². The zero-order valence-electron chi connectivity index (χ0n) is 15.3. The molecule has 2 N–H and O–H groups in total. The van der Waals surface area contributed by atoms with Crippen molar-refractivity contribution in [1.82, 2.24) is 0 Å². The van der Waals surface area contributed by atoms with Crippen molar-refractivity contribution in [3.05, 3.63) is 35.5 Å². The molecule has 0 aromatic rings. The van der Waals surface area contributed by atoms with Gasteiger partial charge in [0.05, 0.1) is 0 Å². The smallest absolute Gasteiger partial charge is 0.336 e. The van der Waals surface area contributed by atoms with Crippen molar-refractivity contribution in [2.75, 3.05) is 0 Å². The summed E-state index contributed by atoms with van der Waals surface area (Å²) in [4.78, 5) is 23.7. The molecule has 2 saturated carbocycles. The highest BCUT2D eigenvalue weighted by Gasteiger charge is 2.68. The highest BCUT2D eigenvalue weighted by Crippen LogP contribution is 2.66. The lowest BCUT2D eigenvalue weighted by molar-refractivity contribution is -0.179. The van der Waals surface area contributed by atoms with Crippen LogP contribution in [0.5, 0.6) is 0 Å². The molecule has 4 nitrogen and oxygen atoms in total. The van der Waals surface area contributed by atoms with Crippen LogP contribution < -0.4 is 0 Å². The summed E-state index contributed by atoms with van der Waals surface area (Å²) in [5, 5.41) is 20.8. The van der Waals surface area contributed by atoms with Gasteiger partial charge in [-0.25, -0.2) is 9.18 Å². The molecule has 4 rings (SSSR count). The topological polar surface area (TPSA) is 74.6 Å². The van der Waals surface area contributed by atoms with E-state index in [-0.39, 0.29) is 24.0 Å². The number of hydrogen-bond acceptors (Lipinski definition) is 3. The highest BCUT2D eigenvalue weighted by molar-refractivity contribution is 6.01. The van der Waals surface area contributed by atoms with E-state index in [2.05, 4.69) is 0 Å². The van der Waals surface area contributed by atoms with Gasteiger partial charge in [-0.2, -0.15) is 0 Å². The minimum atomic E-state index is -1.80. The van der Waals surface area contributed by atoms with Gasteiger partial charge in [-0.3, -0.25) is 4.79 Å². The SMILES string of the molecule is C[C@H]1C[C@H]2[C@@H]3C[C@H](F)C4=CC(=O)C=C[C@]4(C)C3=CC[C@]2(C)[C@@]1(O)C(=O)O. The first kappa shape index (κ1) is 17.7. The number of carboxylic acids is 1. The second-order valence-corrected chi connectivity index (χ2v) is 8.94. The van der Waals surface area contributed by atoms with E-state index in [1.165, 1.54) is 12.2 Å². The second-order valence-electron chi connectivity index (χ2n) is 8.94. The first-order valence-electron chi connectivity index (χ1n) is 9.31. The Kier molecular flexibility index (Phi) is 3.50. The van der Waals surface area contributed by atoms with Gasteiger partial charge in [-0.05, 0) is 61.7 Å². The van der Waals surface area contributed by atoms with Gasteiger partial charge < -0.3 is 10.2 Å². The Morgan fingerprint density at radius 2 is 1.96 bits per heavy atom. The summed E-state index contributed by atoms with van der Waals surface area (Å²) in [6.07, 6.45) is 6.74. The standard InChI is InChI=1S/C21H25FO4/c1-11-8-15-13-10-17(22)16-9-12(23)4-6-19(16,2)14(13)5-7-20(15,3)21(11,26)18(24)25/h4-6,9,11,13,15,17,26H,7-8,10H2,1-3H3,(H,24,25)/t11-,13+,15-,17-,19+,20-,21-/m0/s1. The lowest BCUT2D eigenvalue weighted by atomic mass is 9.51. The predicted octanol–water partition coefficient (Wildman–Crippen LogP) is 3.22. The molecule has 2 fully saturated rings. The number of fused-ring (bicyclic) bond motifs is 5. The monoisotopic (exact) mass is 360 g/mol. The van der Waals surface area contributed by atoms with E-state index in [1.807, 2.05) is 19.9 Å². The number of rotatable bonds is 1. The number of aliphatic hydroxyl groups is 1. The minimum absolute atomic E-state index is 0.0961. The quantitative estimate of drug-likeness (QED) is 0.704. The summed E-state index contributed by atoms with van der Waals surface area (Å²) >= 11 is 0. The first-order valence-corrected chi connectivity index (χ1v) is 9.31. The van der Waals surface area contributed by atoms with Crippen molar-refractivity contribution in [3.8, 4) is 0 Å². The molecule has 0 spiro atoms. The Balaban J connectivity index is 1.84. The summed E-state index contributed by atoms with van der Waals surface area (Å²) in [6, 6.07) is 0. The van der Waals surface area contributed by atoms with Crippen molar-refractivity contribution in [3.63, 3.8) is 0 Å². The van der Waals surface area contributed by atoms with Crippen LogP contribution >= 0.6 is 0 Å². The maximum absolute atomic E-state index is 15.1. The molecule has 4 aliphatic rings. The zero-order chi connectivity index (χ0) is 19.1. The normalized spacial score (nSPS) is 49.7. The van der Waals surface area contributed by atoms with Crippen molar-refractivity contribution < 1.29 is 24.2 Å². The van der Waals surface area contributed by atoms with Gasteiger partial charge in [0.2, 0.25) is 0 Å². The lowest BCUT2D eigenvalue weighted by Gasteiger charge is -2.53. The molecule has 0 unspecified atom stereocenters. The summed E-state index contributed by atoms with van der Waals surface area (Å²) in [5.41, 5.74) is -1.68. The van der Waals surface area contributed by atoms with Crippen molar-refractivity contribution in [2.24, 2.45) is 28.6 Å². The molecule has 7 atom stereocenters. The van der Waals surface area contributed by atoms with E-state index in [9.17, 15) is 19.8 Å². The third kappa shape index (κ3) is 1.87. The van der Waals surface area contributed by atoms with Crippen LogP contribution in [0.15, 0.2) is 35.5 Å². The molecule has 0 bridgehead atoms. The number of alkyl halides is 1.